The number of ether oxygens (including phenoxy) is 1. The first-order chi connectivity index (χ1) is 19.1. The van der Waals surface area contributed by atoms with Crippen LogP contribution in [0.3, 0.4) is 0 Å². The molecule has 1 saturated carbocycles. The molecular formula is C29H50B4N2O5S2. The zero-order chi connectivity index (χ0) is 32.5. The van der Waals surface area contributed by atoms with E-state index in [4.69, 9.17) is 20.2 Å². The molecule has 4 atom stereocenters. The van der Waals surface area contributed by atoms with Gasteiger partial charge in [-0.05, 0) is 67.7 Å². The minimum Gasteiger partial charge on any atom is -0.374 e. The van der Waals surface area contributed by atoms with Crippen LogP contribution in [-0.4, -0.2) is 105 Å². The lowest BCUT2D eigenvalue weighted by molar-refractivity contribution is -0.140. The maximum Gasteiger partial charge on any atom is 0.228 e. The summed E-state index contributed by atoms with van der Waals surface area (Å²) in [6, 6.07) is -1.11. The van der Waals surface area contributed by atoms with Crippen molar-refractivity contribution in [2.45, 2.75) is 129 Å². The summed E-state index contributed by atoms with van der Waals surface area (Å²) in [5.74, 6) is 0.883. The van der Waals surface area contributed by atoms with Crippen molar-refractivity contribution >= 4 is 76.4 Å². The minimum absolute atomic E-state index is 0.124. The standard InChI is InChI=1S/C29H50B4N2O5S2/c1-26(2,3)22(36)13-14-29(9,10)40-17-28(7,8)25(39)34-18(23(37)32-30)15-41-20-11-12-21(20)42-16-19(24(38)33-31)35-27(4,5)6/h18-21,35H,11-17H2,1-10H3,(H,34,39). The van der Waals surface area contributed by atoms with Gasteiger partial charge in [-0.15, -0.1) is 0 Å². The summed E-state index contributed by atoms with van der Waals surface area (Å²) < 4.78 is 6.11. The van der Waals surface area contributed by atoms with Crippen molar-refractivity contribution in [2.24, 2.45) is 10.8 Å². The van der Waals surface area contributed by atoms with E-state index in [1.807, 2.05) is 55.4 Å². The Hall–Kier alpha value is -0.640. The summed E-state index contributed by atoms with van der Waals surface area (Å²) in [5.41, 5.74) is -2.57. The van der Waals surface area contributed by atoms with E-state index in [-0.39, 0.29) is 41.2 Å². The van der Waals surface area contributed by atoms with Crippen LogP contribution in [0.25, 0.3) is 0 Å². The maximum atomic E-state index is 13.3. The molecule has 4 unspecified atom stereocenters. The molecule has 1 aliphatic carbocycles. The Labute approximate surface area is 267 Å². The molecule has 1 aliphatic rings. The Kier molecular flexibility index (Phi) is 15.6. The number of rotatable bonds is 19. The highest BCUT2D eigenvalue weighted by atomic mass is 32.2. The fourth-order valence-electron chi connectivity index (χ4n) is 4.06. The normalized spacial score (nSPS) is 19.3. The van der Waals surface area contributed by atoms with E-state index < -0.39 is 22.5 Å². The fourth-order valence-corrected chi connectivity index (χ4v) is 7.21. The molecule has 1 amide bonds. The molecule has 0 heterocycles. The molecule has 0 aromatic rings. The number of Topliss-reactive ketones (excluding diaryl/α,β-unsaturated/α-hetero) is 1. The SMILES string of the molecule is [B][B]C(=O)C(CSC1CCC1SCC(NC(C)(C)C)C(=O)[B][B])NC(=O)C(C)(C)COC(C)(C)CCC(=O)C(C)(C)C. The van der Waals surface area contributed by atoms with Crippen LogP contribution in [0.4, 0.5) is 0 Å². The Balaban J connectivity index is 2.69. The summed E-state index contributed by atoms with van der Waals surface area (Å²) in [4.78, 5) is 50.6. The lowest BCUT2D eigenvalue weighted by atomic mass is 9.51. The Morgan fingerprint density at radius 1 is 0.833 bits per heavy atom. The van der Waals surface area contributed by atoms with Gasteiger partial charge >= 0.3 is 0 Å². The number of carbonyl (C=O) groups is 4. The molecule has 230 valence electrons. The van der Waals surface area contributed by atoms with Gasteiger partial charge in [0.2, 0.25) is 5.91 Å². The van der Waals surface area contributed by atoms with Crippen LogP contribution in [-0.2, 0) is 23.9 Å². The van der Waals surface area contributed by atoms with Gasteiger partial charge < -0.3 is 25.0 Å². The third kappa shape index (κ3) is 14.0. The van der Waals surface area contributed by atoms with Crippen molar-refractivity contribution in [3.8, 4) is 0 Å². The van der Waals surface area contributed by atoms with Gasteiger partial charge in [0.1, 0.15) is 20.1 Å². The van der Waals surface area contributed by atoms with Crippen LogP contribution >= 0.6 is 23.5 Å². The van der Waals surface area contributed by atoms with E-state index in [2.05, 4.69) is 10.6 Å². The summed E-state index contributed by atoms with van der Waals surface area (Å²) in [6.07, 6.45) is 2.98. The average molecular weight is 614 g/mol. The predicted octanol–water partition coefficient (Wildman–Crippen LogP) is 3.07. The number of thioether (sulfide) groups is 2. The Morgan fingerprint density at radius 3 is 1.74 bits per heavy atom. The van der Waals surface area contributed by atoms with Gasteiger partial charge in [-0.3, -0.25) is 9.59 Å². The van der Waals surface area contributed by atoms with Gasteiger partial charge in [0.25, 0.3) is 0 Å². The molecule has 2 N–H and O–H groups in total. The zero-order valence-electron chi connectivity index (χ0n) is 27.4. The third-order valence-corrected chi connectivity index (χ3v) is 10.5. The minimum atomic E-state index is -0.903. The first-order valence-corrected chi connectivity index (χ1v) is 16.9. The highest BCUT2D eigenvalue weighted by Gasteiger charge is 2.37. The van der Waals surface area contributed by atoms with Crippen LogP contribution < -0.4 is 10.6 Å². The quantitative estimate of drug-likeness (QED) is 0.215. The van der Waals surface area contributed by atoms with Crippen molar-refractivity contribution in [1.29, 1.82) is 0 Å². The van der Waals surface area contributed by atoms with Crippen molar-refractivity contribution in [3.63, 3.8) is 0 Å². The maximum absolute atomic E-state index is 13.3. The van der Waals surface area contributed by atoms with Gasteiger partial charge in [-0.2, -0.15) is 23.5 Å². The van der Waals surface area contributed by atoms with Gasteiger partial charge in [0.15, 0.2) is 0 Å². The van der Waals surface area contributed by atoms with Crippen LogP contribution in [0.15, 0.2) is 0 Å². The van der Waals surface area contributed by atoms with E-state index >= 15 is 0 Å². The average Bonchev–Trinajstić information content (AvgIpc) is 2.86. The lowest BCUT2D eigenvalue weighted by Crippen LogP contribution is -2.52. The lowest BCUT2D eigenvalue weighted by Gasteiger charge is -2.38. The second kappa shape index (κ2) is 16.6. The van der Waals surface area contributed by atoms with Crippen LogP contribution in [0.5, 0.6) is 0 Å². The second-order valence-electron chi connectivity index (χ2n) is 14.5. The molecule has 6 radical (unpaired) electrons. The molecule has 13 heteroatoms. The van der Waals surface area contributed by atoms with Crippen LogP contribution in [0.2, 0.25) is 0 Å². The first kappa shape index (κ1) is 39.4. The molecular weight excluding hydrogens is 564 g/mol. The number of carbonyl (C=O) groups excluding carboxylic acids is 4. The molecule has 7 nitrogen and oxygen atoms in total. The number of hydrogen-bond donors (Lipinski definition) is 2. The molecule has 0 aromatic heterocycles. The van der Waals surface area contributed by atoms with Crippen molar-refractivity contribution in [2.75, 3.05) is 18.1 Å². The van der Waals surface area contributed by atoms with Gasteiger partial charge in [-0.1, -0.05) is 20.8 Å². The topological polar surface area (TPSA) is 102 Å². The molecule has 0 aliphatic heterocycles. The van der Waals surface area contributed by atoms with E-state index in [1.54, 1.807) is 37.4 Å². The van der Waals surface area contributed by atoms with Gasteiger partial charge in [-0.25, -0.2) is 0 Å². The fraction of sp³-hybridized carbons (Fsp3) is 0.862. The number of nitrogens with one attached hydrogen (secondary N) is 2. The molecule has 0 aromatic carbocycles. The van der Waals surface area contributed by atoms with Crippen LogP contribution in [0.1, 0.15) is 94.9 Å². The number of hydrogen-bond acceptors (Lipinski definition) is 8. The van der Waals surface area contributed by atoms with E-state index in [9.17, 15) is 19.2 Å². The smallest absolute Gasteiger partial charge is 0.228 e. The third-order valence-electron chi connectivity index (χ3n) is 7.26. The summed E-state index contributed by atoms with van der Waals surface area (Å²) in [7, 11) is 13.2. The van der Waals surface area contributed by atoms with E-state index in [1.165, 1.54) is 0 Å². The van der Waals surface area contributed by atoms with E-state index in [0.29, 0.717) is 34.8 Å². The van der Waals surface area contributed by atoms with Gasteiger partial charge in [0.05, 0.1) is 41.1 Å². The van der Waals surface area contributed by atoms with Crippen molar-refractivity contribution in [3.05, 3.63) is 0 Å². The van der Waals surface area contributed by atoms with Crippen LogP contribution in [0, 0.1) is 10.8 Å². The number of amides is 1. The van der Waals surface area contributed by atoms with Crippen molar-refractivity contribution in [1.82, 2.24) is 10.6 Å². The summed E-state index contributed by atoms with van der Waals surface area (Å²) >= 11 is 3.39. The monoisotopic (exact) mass is 614 g/mol. The Bertz CT molecular complexity index is 938. The highest BCUT2D eigenvalue weighted by molar-refractivity contribution is 8.04. The molecule has 0 spiro atoms. The summed E-state index contributed by atoms with van der Waals surface area (Å²) in [5, 5.41) is 6.89. The molecule has 0 bridgehead atoms. The zero-order valence-corrected chi connectivity index (χ0v) is 29.1. The van der Waals surface area contributed by atoms with Gasteiger partial charge in [0, 0.05) is 54.9 Å². The summed E-state index contributed by atoms with van der Waals surface area (Å²) in [6.45, 7) is 19.3. The Morgan fingerprint density at radius 2 is 1.31 bits per heavy atom. The molecule has 0 saturated heterocycles. The van der Waals surface area contributed by atoms with E-state index in [0.717, 1.165) is 27.2 Å². The second-order valence-corrected chi connectivity index (χ2v) is 17.1. The predicted molar refractivity (Wildman–Crippen MR) is 181 cm³/mol. The molecule has 1 rings (SSSR count). The molecule has 42 heavy (non-hydrogen) atoms. The molecule has 1 fully saturated rings. The largest absolute Gasteiger partial charge is 0.374 e. The highest BCUT2D eigenvalue weighted by Crippen LogP contribution is 2.40. The first-order valence-electron chi connectivity index (χ1n) is 14.8. The number of ketones is 1. The van der Waals surface area contributed by atoms with Crippen molar-refractivity contribution < 1.29 is 23.9 Å².